The lowest BCUT2D eigenvalue weighted by atomic mass is 10.2. The van der Waals surface area contributed by atoms with Crippen molar-refractivity contribution in [3.63, 3.8) is 0 Å². The summed E-state index contributed by atoms with van der Waals surface area (Å²) in [7, 11) is 0. The van der Waals surface area contributed by atoms with E-state index in [1.165, 1.54) is 4.57 Å². The second kappa shape index (κ2) is 5.87. The first-order valence-electron chi connectivity index (χ1n) is 6.07. The smallest absolute Gasteiger partial charge is 0.289 e. The summed E-state index contributed by atoms with van der Waals surface area (Å²) in [6.07, 6.45) is 2.16. The normalized spacial score (nSPS) is 9.74. The van der Waals surface area contributed by atoms with E-state index >= 15 is 0 Å². The van der Waals surface area contributed by atoms with Crippen molar-refractivity contribution in [2.75, 3.05) is 0 Å². The standard InChI is InChI=1S/C15H14N2O2/c1-2-13-11-17(15(19)16-14(13)18)10-6-9-12-7-4-3-5-8-12/h3-5,7-8,11H,2,10H2,1H3,(H,16,18,19). The lowest BCUT2D eigenvalue weighted by Crippen LogP contribution is -2.31. The quantitative estimate of drug-likeness (QED) is 0.817. The summed E-state index contributed by atoms with van der Waals surface area (Å²) in [4.78, 5) is 25.3. The molecule has 0 radical (unpaired) electrons. The van der Waals surface area contributed by atoms with Crippen LogP contribution in [0.5, 0.6) is 0 Å². The largest absolute Gasteiger partial charge is 0.329 e. The predicted octanol–water partition coefficient (Wildman–Crippen LogP) is 1.15. The monoisotopic (exact) mass is 254 g/mol. The zero-order chi connectivity index (χ0) is 13.7. The van der Waals surface area contributed by atoms with E-state index in [-0.39, 0.29) is 12.1 Å². The van der Waals surface area contributed by atoms with Crippen LogP contribution in [0, 0.1) is 11.8 Å². The van der Waals surface area contributed by atoms with Crippen LogP contribution in [0.1, 0.15) is 18.1 Å². The van der Waals surface area contributed by atoms with Crippen LogP contribution >= 0.6 is 0 Å². The minimum atomic E-state index is -0.426. The Labute approximate surface area is 110 Å². The van der Waals surface area contributed by atoms with Gasteiger partial charge < -0.3 is 0 Å². The van der Waals surface area contributed by atoms with Gasteiger partial charge in [0.05, 0.1) is 6.54 Å². The lowest BCUT2D eigenvalue weighted by molar-refractivity contribution is 0.733. The highest BCUT2D eigenvalue weighted by atomic mass is 16.2. The molecule has 1 N–H and O–H groups in total. The molecular weight excluding hydrogens is 240 g/mol. The van der Waals surface area contributed by atoms with Gasteiger partial charge in [0, 0.05) is 17.3 Å². The number of hydrogen-bond donors (Lipinski definition) is 1. The maximum absolute atomic E-state index is 11.6. The van der Waals surface area contributed by atoms with Crippen LogP contribution in [-0.4, -0.2) is 9.55 Å². The number of hydrogen-bond acceptors (Lipinski definition) is 2. The van der Waals surface area contributed by atoms with Gasteiger partial charge >= 0.3 is 5.69 Å². The Morgan fingerprint density at radius 1 is 1.21 bits per heavy atom. The molecule has 1 aromatic heterocycles. The van der Waals surface area contributed by atoms with E-state index < -0.39 is 5.69 Å². The van der Waals surface area contributed by atoms with Gasteiger partial charge in [0.15, 0.2) is 0 Å². The molecule has 4 nitrogen and oxygen atoms in total. The predicted molar refractivity (Wildman–Crippen MR) is 74.0 cm³/mol. The SMILES string of the molecule is CCc1cn(CC#Cc2ccccc2)c(=O)[nH]c1=O. The van der Waals surface area contributed by atoms with Crippen LogP contribution in [0.25, 0.3) is 0 Å². The number of aryl methyl sites for hydroxylation is 1. The number of nitrogens with one attached hydrogen (secondary N) is 1. The molecular formula is C15H14N2O2. The van der Waals surface area contributed by atoms with Crippen molar-refractivity contribution < 1.29 is 0 Å². The van der Waals surface area contributed by atoms with Gasteiger partial charge in [-0.15, -0.1) is 0 Å². The molecule has 0 aliphatic carbocycles. The molecule has 0 spiro atoms. The average Bonchev–Trinajstić information content (AvgIpc) is 2.42. The first-order chi connectivity index (χ1) is 9.20. The van der Waals surface area contributed by atoms with Crippen LogP contribution in [-0.2, 0) is 13.0 Å². The summed E-state index contributed by atoms with van der Waals surface area (Å²) in [5.41, 5.74) is 0.737. The summed E-state index contributed by atoms with van der Waals surface area (Å²) in [6, 6.07) is 9.54. The first kappa shape index (κ1) is 12.9. The maximum Gasteiger partial charge on any atom is 0.329 e. The average molecular weight is 254 g/mol. The molecule has 96 valence electrons. The molecule has 0 aliphatic rings. The van der Waals surface area contributed by atoms with Crippen molar-refractivity contribution in [1.82, 2.24) is 9.55 Å². The van der Waals surface area contributed by atoms with Gasteiger partial charge in [0.25, 0.3) is 5.56 Å². The fourth-order valence-corrected chi connectivity index (χ4v) is 1.67. The second-order valence-corrected chi connectivity index (χ2v) is 4.06. The maximum atomic E-state index is 11.6. The van der Waals surface area contributed by atoms with E-state index in [9.17, 15) is 9.59 Å². The van der Waals surface area contributed by atoms with Gasteiger partial charge in [-0.05, 0) is 18.6 Å². The third kappa shape index (κ3) is 3.23. The Morgan fingerprint density at radius 2 is 1.95 bits per heavy atom. The topological polar surface area (TPSA) is 54.9 Å². The molecule has 0 fully saturated rings. The molecule has 19 heavy (non-hydrogen) atoms. The van der Waals surface area contributed by atoms with Crippen molar-refractivity contribution in [3.05, 3.63) is 68.5 Å². The Bertz CT molecular complexity index is 730. The summed E-state index contributed by atoms with van der Waals surface area (Å²) in [5.74, 6) is 5.89. The molecule has 4 heteroatoms. The number of nitrogens with zero attached hydrogens (tertiary/aromatic N) is 1. The second-order valence-electron chi connectivity index (χ2n) is 4.06. The zero-order valence-electron chi connectivity index (χ0n) is 10.6. The molecule has 0 aliphatic heterocycles. The number of rotatable bonds is 2. The van der Waals surface area contributed by atoms with Crippen molar-refractivity contribution >= 4 is 0 Å². The van der Waals surface area contributed by atoms with Gasteiger partial charge in [-0.3, -0.25) is 14.3 Å². The highest BCUT2D eigenvalue weighted by Crippen LogP contribution is 1.95. The van der Waals surface area contributed by atoms with Crippen molar-refractivity contribution in [3.8, 4) is 11.8 Å². The number of aromatic nitrogens is 2. The molecule has 0 saturated carbocycles. The highest BCUT2D eigenvalue weighted by molar-refractivity contribution is 5.33. The van der Waals surface area contributed by atoms with Crippen LogP contribution < -0.4 is 11.2 Å². The molecule has 2 aromatic rings. The van der Waals surface area contributed by atoms with Gasteiger partial charge in [-0.25, -0.2) is 4.79 Å². The molecule has 0 unspecified atom stereocenters. The number of benzene rings is 1. The van der Waals surface area contributed by atoms with E-state index in [1.54, 1.807) is 6.20 Å². The van der Waals surface area contributed by atoms with Crippen molar-refractivity contribution in [2.45, 2.75) is 19.9 Å². The number of H-pyrrole nitrogens is 1. The summed E-state index contributed by atoms with van der Waals surface area (Å²) in [5, 5.41) is 0. The molecule has 0 bridgehead atoms. The highest BCUT2D eigenvalue weighted by Gasteiger charge is 2.01. The Balaban J connectivity index is 2.24. The van der Waals surface area contributed by atoms with E-state index in [1.807, 2.05) is 37.3 Å². The number of aromatic amines is 1. The van der Waals surface area contributed by atoms with Gasteiger partial charge in [-0.2, -0.15) is 0 Å². The van der Waals surface area contributed by atoms with Crippen molar-refractivity contribution in [1.29, 1.82) is 0 Å². The summed E-state index contributed by atoms with van der Waals surface area (Å²) < 4.78 is 1.41. The fourth-order valence-electron chi connectivity index (χ4n) is 1.67. The molecule has 2 rings (SSSR count). The molecule has 0 saturated heterocycles. The minimum Gasteiger partial charge on any atom is -0.289 e. The minimum absolute atomic E-state index is 0.261. The third-order valence-electron chi connectivity index (χ3n) is 2.72. The zero-order valence-corrected chi connectivity index (χ0v) is 10.6. The molecule has 0 atom stereocenters. The van der Waals surface area contributed by atoms with Crippen LogP contribution in [0.3, 0.4) is 0 Å². The Hall–Kier alpha value is -2.54. The molecule has 1 aromatic carbocycles. The summed E-state index contributed by atoms with van der Waals surface area (Å²) >= 11 is 0. The van der Waals surface area contributed by atoms with Gasteiger partial charge in [0.2, 0.25) is 0 Å². The molecule has 0 amide bonds. The first-order valence-corrected chi connectivity index (χ1v) is 6.07. The fraction of sp³-hybridized carbons (Fsp3) is 0.200. The van der Waals surface area contributed by atoms with E-state index in [4.69, 9.17) is 0 Å². The van der Waals surface area contributed by atoms with Crippen LogP contribution in [0.15, 0.2) is 46.1 Å². The van der Waals surface area contributed by atoms with Crippen LogP contribution in [0.2, 0.25) is 0 Å². The Kier molecular flexibility index (Phi) is 3.99. The van der Waals surface area contributed by atoms with E-state index in [0.29, 0.717) is 12.0 Å². The summed E-state index contributed by atoms with van der Waals surface area (Å²) in [6.45, 7) is 2.13. The lowest BCUT2D eigenvalue weighted by Gasteiger charge is -2.01. The Morgan fingerprint density at radius 3 is 2.63 bits per heavy atom. The van der Waals surface area contributed by atoms with Crippen molar-refractivity contribution in [2.24, 2.45) is 0 Å². The van der Waals surface area contributed by atoms with Crippen LogP contribution in [0.4, 0.5) is 0 Å². The van der Waals surface area contributed by atoms with Gasteiger partial charge in [0.1, 0.15) is 0 Å². The third-order valence-corrected chi connectivity index (χ3v) is 2.72. The molecule has 1 heterocycles. The van der Waals surface area contributed by atoms with E-state index in [2.05, 4.69) is 16.8 Å². The van der Waals surface area contributed by atoms with Gasteiger partial charge in [-0.1, -0.05) is 37.0 Å². The van der Waals surface area contributed by atoms with E-state index in [0.717, 1.165) is 5.56 Å².